The van der Waals surface area contributed by atoms with Crippen LogP contribution in [-0.4, -0.2) is 0 Å². The smallest absolute Gasteiger partial charge is 0.0467 e. The predicted molar refractivity (Wildman–Crippen MR) is 244 cm³/mol. The Kier molecular flexibility index (Phi) is 7.12. The molecule has 0 amide bonds. The van der Waals surface area contributed by atoms with Crippen molar-refractivity contribution in [3.63, 3.8) is 0 Å². The maximum Gasteiger partial charge on any atom is 0.0467 e. The average Bonchev–Trinajstić information content (AvgIpc) is 3.94. The Morgan fingerprint density at radius 3 is 1.53 bits per heavy atom. The van der Waals surface area contributed by atoms with E-state index in [9.17, 15) is 0 Å². The molecule has 13 rings (SSSR count). The molecule has 8 aromatic carbocycles. The van der Waals surface area contributed by atoms with Crippen molar-refractivity contribution in [2.24, 2.45) is 29.1 Å². The minimum absolute atomic E-state index is 0.244. The third-order valence-corrected chi connectivity index (χ3v) is 15.7. The molecule has 1 nitrogen and oxygen atoms in total. The molecule has 6 atom stereocenters. The summed E-state index contributed by atoms with van der Waals surface area (Å²) < 4.78 is 0. The van der Waals surface area contributed by atoms with Crippen molar-refractivity contribution in [2.45, 2.75) is 31.1 Å². The molecule has 0 N–H and O–H groups in total. The van der Waals surface area contributed by atoms with Crippen LogP contribution in [0.3, 0.4) is 0 Å². The van der Waals surface area contributed by atoms with Gasteiger partial charge in [-0.25, -0.2) is 0 Å². The quantitative estimate of drug-likeness (QED) is 0.157. The van der Waals surface area contributed by atoms with Gasteiger partial charge in [0.1, 0.15) is 0 Å². The fourth-order valence-electron chi connectivity index (χ4n) is 13.5. The molecule has 0 aliphatic heterocycles. The van der Waals surface area contributed by atoms with Crippen LogP contribution < -0.4 is 4.90 Å². The van der Waals surface area contributed by atoms with E-state index in [4.69, 9.17) is 0 Å². The van der Waals surface area contributed by atoms with Crippen LogP contribution in [0.4, 0.5) is 17.1 Å². The van der Waals surface area contributed by atoms with E-state index >= 15 is 0 Å². The molecular weight excluding hydrogens is 711 g/mol. The highest BCUT2D eigenvalue weighted by molar-refractivity contribution is 5.88. The molecular formula is C58H45N. The van der Waals surface area contributed by atoms with Crippen molar-refractivity contribution in [3.05, 3.63) is 211 Å². The van der Waals surface area contributed by atoms with Crippen molar-refractivity contribution < 1.29 is 0 Å². The summed E-state index contributed by atoms with van der Waals surface area (Å²) in [5.41, 5.74) is 20.4. The van der Waals surface area contributed by atoms with Crippen LogP contribution in [0, 0.1) is 29.1 Å². The first kappa shape index (κ1) is 33.5. The van der Waals surface area contributed by atoms with Gasteiger partial charge in [-0.2, -0.15) is 0 Å². The Labute approximate surface area is 347 Å². The van der Waals surface area contributed by atoms with Crippen LogP contribution in [-0.2, 0) is 5.41 Å². The van der Waals surface area contributed by atoms with E-state index < -0.39 is 0 Å². The topological polar surface area (TPSA) is 3.24 Å². The van der Waals surface area contributed by atoms with Crippen LogP contribution in [0.15, 0.2) is 200 Å². The van der Waals surface area contributed by atoms with Gasteiger partial charge in [0.25, 0.3) is 0 Å². The van der Waals surface area contributed by atoms with Crippen molar-refractivity contribution in [2.75, 3.05) is 4.90 Å². The van der Waals surface area contributed by atoms with Crippen LogP contribution in [0.5, 0.6) is 0 Å². The van der Waals surface area contributed by atoms with Crippen molar-refractivity contribution in [1.82, 2.24) is 0 Å². The molecule has 282 valence electrons. The molecule has 2 spiro atoms. The van der Waals surface area contributed by atoms with Gasteiger partial charge in [-0.05, 0) is 170 Å². The van der Waals surface area contributed by atoms with Gasteiger partial charge in [0, 0.05) is 22.5 Å². The number of anilines is 3. The second-order valence-electron chi connectivity index (χ2n) is 18.2. The molecule has 2 bridgehead atoms. The Morgan fingerprint density at radius 2 is 0.864 bits per heavy atom. The lowest BCUT2D eigenvalue weighted by atomic mass is 9.27. The van der Waals surface area contributed by atoms with Gasteiger partial charge in [-0.3, -0.25) is 0 Å². The van der Waals surface area contributed by atoms with Crippen molar-refractivity contribution in [3.8, 4) is 55.6 Å². The molecule has 1 heteroatoms. The second-order valence-corrected chi connectivity index (χ2v) is 18.2. The maximum atomic E-state index is 2.55. The van der Waals surface area contributed by atoms with Gasteiger partial charge in [0.2, 0.25) is 0 Å². The number of hydrogen-bond acceptors (Lipinski definition) is 1. The summed E-state index contributed by atoms with van der Waals surface area (Å²) in [7, 11) is 0. The normalized spacial score (nSPS) is 24.8. The van der Waals surface area contributed by atoms with Gasteiger partial charge in [0.15, 0.2) is 0 Å². The predicted octanol–water partition coefficient (Wildman–Crippen LogP) is 15.2. The number of rotatable bonds is 7. The Bertz CT molecular complexity index is 2830. The monoisotopic (exact) mass is 755 g/mol. The molecule has 59 heavy (non-hydrogen) atoms. The first-order valence-electron chi connectivity index (χ1n) is 21.7. The summed E-state index contributed by atoms with van der Waals surface area (Å²) >= 11 is 0. The first-order chi connectivity index (χ1) is 29.2. The number of nitrogens with zero attached hydrogens (tertiary/aromatic N) is 1. The maximum absolute atomic E-state index is 2.55. The highest BCUT2D eigenvalue weighted by Crippen LogP contribution is 2.89. The van der Waals surface area contributed by atoms with Gasteiger partial charge in [0.05, 0.1) is 0 Å². The molecule has 0 radical (unpaired) electrons. The van der Waals surface area contributed by atoms with E-state index in [0.29, 0.717) is 5.41 Å². The summed E-state index contributed by atoms with van der Waals surface area (Å²) in [6.07, 6.45) is 5.91. The zero-order valence-electron chi connectivity index (χ0n) is 33.1. The van der Waals surface area contributed by atoms with E-state index in [1.54, 1.807) is 11.1 Å². The Hall–Kier alpha value is -6.44. The fourth-order valence-corrected chi connectivity index (χ4v) is 13.5. The molecule has 5 aliphatic carbocycles. The number of benzene rings is 8. The fraction of sp³-hybridized carbons (Fsp3) is 0.172. The number of fused-ring (bicyclic) bond motifs is 8. The zero-order valence-corrected chi connectivity index (χ0v) is 33.1. The van der Waals surface area contributed by atoms with E-state index in [1.807, 2.05) is 0 Å². The SMILES string of the molecule is c1ccc(-c2ccc(N(c3ccc(-c4ccccc4)cc3)c3cccc(-c4cccc(-c5ccc6c(c5)-c5ccccc5C65C6CC7CC8CC5C86C7)c4)c3)cc2)cc1. The second kappa shape index (κ2) is 12.5. The van der Waals surface area contributed by atoms with E-state index in [-0.39, 0.29) is 5.41 Å². The Balaban J connectivity index is 0.865. The summed E-state index contributed by atoms with van der Waals surface area (Å²) in [5.74, 6) is 3.65. The van der Waals surface area contributed by atoms with E-state index in [0.717, 1.165) is 40.7 Å². The highest BCUT2D eigenvalue weighted by Gasteiger charge is 2.84. The molecule has 4 fully saturated rings. The number of hydrogen-bond donors (Lipinski definition) is 0. The average molecular weight is 756 g/mol. The molecule has 0 heterocycles. The zero-order chi connectivity index (χ0) is 38.7. The molecule has 0 aromatic heterocycles. The van der Waals surface area contributed by atoms with Gasteiger partial charge in [-0.1, -0.05) is 152 Å². The van der Waals surface area contributed by atoms with Crippen LogP contribution in [0.2, 0.25) is 0 Å². The highest BCUT2D eigenvalue weighted by atomic mass is 15.1. The van der Waals surface area contributed by atoms with Gasteiger partial charge >= 0.3 is 0 Å². The molecule has 4 saturated carbocycles. The molecule has 6 unspecified atom stereocenters. The van der Waals surface area contributed by atoms with Crippen molar-refractivity contribution in [1.29, 1.82) is 0 Å². The van der Waals surface area contributed by atoms with E-state index in [2.05, 4.69) is 205 Å². The summed E-state index contributed by atoms with van der Waals surface area (Å²) in [6.45, 7) is 0. The summed E-state index contributed by atoms with van der Waals surface area (Å²) in [6, 6.07) is 74.5. The van der Waals surface area contributed by atoms with Crippen LogP contribution in [0.25, 0.3) is 55.6 Å². The third kappa shape index (κ3) is 4.68. The van der Waals surface area contributed by atoms with E-state index in [1.165, 1.54) is 81.3 Å². The standard InChI is InChI=1S/C58H45N/c1-3-11-39(12-4-1)41-21-26-48(27-22-41)59(49-28-23-42(24-29-49)40-13-5-2-6-14-40)50-18-10-17-45(34-50)43-15-9-16-44(33-43)46-25-30-54-52(35-46)51-19-7-8-20-53(51)58(54)55-32-38-31-47-36-56(58)57(47,55)37-38/h1-30,33-35,38,47,55-56H,31-32,36-37H2. The first-order valence-corrected chi connectivity index (χ1v) is 21.7. The lowest BCUT2D eigenvalue weighted by Gasteiger charge is -2.76. The van der Waals surface area contributed by atoms with Crippen LogP contribution in [0.1, 0.15) is 36.8 Å². The minimum Gasteiger partial charge on any atom is -0.310 e. The largest absolute Gasteiger partial charge is 0.310 e. The molecule has 5 aliphatic rings. The van der Waals surface area contributed by atoms with Gasteiger partial charge in [-0.15, -0.1) is 0 Å². The lowest BCUT2D eigenvalue weighted by Crippen LogP contribution is -2.73. The van der Waals surface area contributed by atoms with Gasteiger partial charge < -0.3 is 4.90 Å². The Morgan fingerprint density at radius 1 is 0.356 bits per heavy atom. The summed E-state index contributed by atoms with van der Waals surface area (Å²) in [4.78, 5) is 2.38. The summed E-state index contributed by atoms with van der Waals surface area (Å²) in [5, 5.41) is 0. The van der Waals surface area contributed by atoms with Crippen LogP contribution >= 0.6 is 0 Å². The minimum atomic E-state index is 0.244. The van der Waals surface area contributed by atoms with Crippen molar-refractivity contribution >= 4 is 17.1 Å². The lowest BCUT2D eigenvalue weighted by molar-refractivity contribution is -0.231. The molecule has 8 aromatic rings. The third-order valence-electron chi connectivity index (χ3n) is 15.7. The molecule has 0 saturated heterocycles.